The normalized spacial score (nSPS) is 26.7. The third kappa shape index (κ3) is 4.51. The van der Waals surface area contributed by atoms with Crippen molar-refractivity contribution < 1.29 is 9.84 Å². The maximum Gasteiger partial charge on any atom is 0.0701 e. The van der Waals surface area contributed by atoms with Crippen LogP contribution in [0.2, 0.25) is 0 Å². The summed E-state index contributed by atoms with van der Waals surface area (Å²) in [6, 6.07) is 10.6. The highest BCUT2D eigenvalue weighted by Gasteiger charge is 2.34. The monoisotopic (exact) mass is 280 g/mol. The summed E-state index contributed by atoms with van der Waals surface area (Å²) >= 11 is 1.93. The topological polar surface area (TPSA) is 29.5 Å². The zero-order valence-corrected chi connectivity index (χ0v) is 12.4. The highest BCUT2D eigenvalue weighted by Crippen LogP contribution is 2.38. The molecule has 1 aromatic rings. The molecule has 1 heterocycles. The number of aliphatic hydroxyl groups excluding tert-OH is 1. The minimum absolute atomic E-state index is 0.230. The van der Waals surface area contributed by atoms with Gasteiger partial charge in [0, 0.05) is 16.8 Å². The summed E-state index contributed by atoms with van der Waals surface area (Å²) < 4.78 is 6.11. The number of rotatable bonds is 7. The third-order valence-electron chi connectivity index (χ3n) is 3.60. The molecule has 0 aromatic heterocycles. The molecule has 2 rings (SSSR count). The zero-order valence-electron chi connectivity index (χ0n) is 11.6. The van der Waals surface area contributed by atoms with E-state index in [-0.39, 0.29) is 12.7 Å². The van der Waals surface area contributed by atoms with Crippen LogP contribution in [0.5, 0.6) is 0 Å². The summed E-state index contributed by atoms with van der Waals surface area (Å²) in [5, 5.41) is 9.61. The van der Waals surface area contributed by atoms with Crippen molar-refractivity contribution in [1.29, 1.82) is 0 Å². The number of thioether (sulfide) groups is 1. The lowest BCUT2D eigenvalue weighted by Crippen LogP contribution is -2.18. The first kappa shape index (κ1) is 14.9. The second-order valence-electron chi connectivity index (χ2n) is 5.16. The van der Waals surface area contributed by atoms with Crippen LogP contribution in [-0.4, -0.2) is 29.2 Å². The maximum absolute atomic E-state index is 9.08. The van der Waals surface area contributed by atoms with Crippen molar-refractivity contribution in [2.45, 2.75) is 61.4 Å². The first-order valence-corrected chi connectivity index (χ1v) is 8.19. The van der Waals surface area contributed by atoms with Crippen LogP contribution < -0.4 is 0 Å². The smallest absolute Gasteiger partial charge is 0.0701 e. The van der Waals surface area contributed by atoms with E-state index < -0.39 is 0 Å². The number of hydrogen-bond donors (Lipinski definition) is 1. The Balaban J connectivity index is 1.94. The Kier molecular flexibility index (Phi) is 6.21. The Morgan fingerprint density at radius 2 is 2.05 bits per heavy atom. The number of hydrogen-bond acceptors (Lipinski definition) is 3. The van der Waals surface area contributed by atoms with Crippen LogP contribution in [-0.2, 0) is 4.74 Å². The van der Waals surface area contributed by atoms with Crippen LogP contribution in [0.15, 0.2) is 35.2 Å². The Morgan fingerprint density at radius 3 is 2.74 bits per heavy atom. The Hall–Kier alpha value is -0.510. The van der Waals surface area contributed by atoms with Gasteiger partial charge in [-0.2, -0.15) is 0 Å². The van der Waals surface area contributed by atoms with Crippen LogP contribution in [0.3, 0.4) is 0 Å². The van der Waals surface area contributed by atoms with E-state index >= 15 is 0 Å². The molecular formula is C16H24O2S. The lowest BCUT2D eigenvalue weighted by molar-refractivity contribution is 0.0272. The van der Waals surface area contributed by atoms with Gasteiger partial charge in [-0.15, -0.1) is 11.8 Å². The van der Waals surface area contributed by atoms with Crippen molar-refractivity contribution >= 4 is 11.8 Å². The van der Waals surface area contributed by atoms with E-state index in [9.17, 15) is 0 Å². The molecule has 0 spiro atoms. The quantitative estimate of drug-likeness (QED) is 0.822. The summed E-state index contributed by atoms with van der Waals surface area (Å²) in [6.07, 6.45) is 6.01. The molecule has 0 amide bonds. The molecule has 1 saturated heterocycles. The fraction of sp³-hybridized carbons (Fsp3) is 0.625. The predicted octanol–water partition coefficient (Wildman–Crippen LogP) is 3.88. The Bertz CT molecular complexity index is 355. The van der Waals surface area contributed by atoms with Gasteiger partial charge in [0.25, 0.3) is 0 Å². The molecule has 0 saturated carbocycles. The highest BCUT2D eigenvalue weighted by atomic mass is 32.2. The summed E-state index contributed by atoms with van der Waals surface area (Å²) in [7, 11) is 0. The maximum atomic E-state index is 9.08. The molecule has 1 aliphatic rings. The fourth-order valence-corrected chi connectivity index (χ4v) is 3.91. The van der Waals surface area contributed by atoms with Crippen molar-refractivity contribution in [2.75, 3.05) is 6.61 Å². The molecule has 1 aromatic carbocycles. The lowest BCUT2D eigenvalue weighted by Gasteiger charge is -2.17. The average molecular weight is 280 g/mol. The second kappa shape index (κ2) is 7.93. The van der Waals surface area contributed by atoms with Gasteiger partial charge in [-0.05, 0) is 31.4 Å². The van der Waals surface area contributed by atoms with Gasteiger partial charge in [0.05, 0.1) is 12.2 Å². The molecule has 1 N–H and O–H groups in total. The first-order chi connectivity index (χ1) is 9.33. The molecule has 1 aliphatic heterocycles. The molecule has 1 unspecified atom stereocenters. The fourth-order valence-electron chi connectivity index (χ4n) is 2.59. The van der Waals surface area contributed by atoms with Gasteiger partial charge in [0.2, 0.25) is 0 Å². The highest BCUT2D eigenvalue weighted by molar-refractivity contribution is 8.00. The minimum Gasteiger partial charge on any atom is -0.396 e. The molecule has 106 valence electrons. The van der Waals surface area contributed by atoms with Crippen LogP contribution in [0.4, 0.5) is 0 Å². The Labute approximate surface area is 120 Å². The van der Waals surface area contributed by atoms with Crippen LogP contribution in [0.25, 0.3) is 0 Å². The largest absolute Gasteiger partial charge is 0.396 e. The molecule has 0 bridgehead atoms. The second-order valence-corrected chi connectivity index (χ2v) is 6.47. The number of benzene rings is 1. The number of ether oxygens (including phenoxy) is 1. The van der Waals surface area contributed by atoms with Gasteiger partial charge in [-0.25, -0.2) is 0 Å². The summed E-state index contributed by atoms with van der Waals surface area (Å²) in [5.41, 5.74) is 0. The van der Waals surface area contributed by atoms with Crippen molar-refractivity contribution in [3.05, 3.63) is 30.3 Å². The van der Waals surface area contributed by atoms with E-state index in [0.717, 1.165) is 19.3 Å². The van der Waals surface area contributed by atoms with Crippen molar-refractivity contribution in [3.8, 4) is 0 Å². The molecule has 2 nitrogen and oxygen atoms in total. The van der Waals surface area contributed by atoms with Crippen molar-refractivity contribution in [3.63, 3.8) is 0 Å². The molecule has 0 aliphatic carbocycles. The molecule has 3 heteroatoms. The van der Waals surface area contributed by atoms with E-state index in [2.05, 4.69) is 37.3 Å². The van der Waals surface area contributed by atoms with Gasteiger partial charge < -0.3 is 9.84 Å². The molecule has 3 atom stereocenters. The predicted molar refractivity (Wildman–Crippen MR) is 80.6 cm³/mol. The standard InChI is InChI=1S/C16H24O2S/c1-2-3-9-15-16(12-13(18-15)10-11-17)19-14-7-5-4-6-8-14/h4-8,13,15-17H,2-3,9-12H2,1H3/t13-,15+,16?/m1/s1. The molecule has 1 fully saturated rings. The molecule has 19 heavy (non-hydrogen) atoms. The molecule has 0 radical (unpaired) electrons. The third-order valence-corrected chi connectivity index (χ3v) is 4.94. The minimum atomic E-state index is 0.230. The summed E-state index contributed by atoms with van der Waals surface area (Å²) in [6.45, 7) is 2.45. The van der Waals surface area contributed by atoms with Gasteiger partial charge in [0.15, 0.2) is 0 Å². The van der Waals surface area contributed by atoms with Crippen LogP contribution in [0, 0.1) is 0 Å². The van der Waals surface area contributed by atoms with Crippen LogP contribution >= 0.6 is 11.8 Å². The SMILES string of the molecule is CCCC[C@@H]1O[C@H](CCO)CC1Sc1ccccc1. The summed E-state index contributed by atoms with van der Waals surface area (Å²) in [5.74, 6) is 0. The van der Waals surface area contributed by atoms with Gasteiger partial charge in [0.1, 0.15) is 0 Å². The van der Waals surface area contributed by atoms with E-state index in [4.69, 9.17) is 9.84 Å². The van der Waals surface area contributed by atoms with E-state index in [0.29, 0.717) is 11.4 Å². The van der Waals surface area contributed by atoms with Crippen molar-refractivity contribution in [2.24, 2.45) is 0 Å². The van der Waals surface area contributed by atoms with Gasteiger partial charge >= 0.3 is 0 Å². The van der Waals surface area contributed by atoms with E-state index in [1.165, 1.54) is 17.7 Å². The van der Waals surface area contributed by atoms with Crippen LogP contribution in [0.1, 0.15) is 39.0 Å². The number of unbranched alkanes of at least 4 members (excludes halogenated alkanes) is 1. The number of aliphatic hydroxyl groups is 1. The first-order valence-electron chi connectivity index (χ1n) is 7.31. The summed E-state index contributed by atoms with van der Waals surface area (Å²) in [4.78, 5) is 1.32. The van der Waals surface area contributed by atoms with E-state index in [1.54, 1.807) is 0 Å². The van der Waals surface area contributed by atoms with Gasteiger partial charge in [-0.1, -0.05) is 38.0 Å². The molecular weight excluding hydrogens is 256 g/mol. The Morgan fingerprint density at radius 1 is 1.26 bits per heavy atom. The van der Waals surface area contributed by atoms with Crippen molar-refractivity contribution in [1.82, 2.24) is 0 Å². The van der Waals surface area contributed by atoms with Gasteiger partial charge in [-0.3, -0.25) is 0 Å². The van der Waals surface area contributed by atoms with E-state index in [1.807, 2.05) is 11.8 Å². The zero-order chi connectivity index (χ0) is 13.5. The lowest BCUT2D eigenvalue weighted by atomic mass is 10.1. The average Bonchev–Trinajstić information content (AvgIpc) is 2.80.